The van der Waals surface area contributed by atoms with Gasteiger partial charge in [0, 0.05) is 32.2 Å². The Bertz CT molecular complexity index is 251. The fourth-order valence-corrected chi connectivity index (χ4v) is 1.75. The van der Waals surface area contributed by atoms with E-state index >= 15 is 0 Å². The second kappa shape index (κ2) is 6.16. The molecule has 0 aromatic rings. The zero-order valence-electron chi connectivity index (χ0n) is 9.11. The van der Waals surface area contributed by atoms with Crippen LogP contribution in [0.2, 0.25) is 0 Å². The van der Waals surface area contributed by atoms with Crippen molar-refractivity contribution >= 4 is 12.1 Å². The highest BCUT2D eigenvalue weighted by molar-refractivity contribution is 5.72. The quantitative estimate of drug-likeness (QED) is 0.483. The normalized spacial score (nSPS) is 17.1. The molecule has 0 saturated carbocycles. The summed E-state index contributed by atoms with van der Waals surface area (Å²) in [6, 6.07) is -0.0304. The van der Waals surface area contributed by atoms with E-state index in [2.05, 4.69) is 10.6 Å². The standard InChI is InChI=1S/C9H18N4O3/c10-8(14)13-5-1-7(2-6-13)11-3-4-12-9(15)16/h7,11-12H,1-6H2,(H2,10,14)(H,15,16). The number of carboxylic acid groups (broad SMARTS) is 1. The average Bonchev–Trinajstić information content (AvgIpc) is 2.25. The molecule has 92 valence electrons. The smallest absolute Gasteiger partial charge is 0.404 e. The van der Waals surface area contributed by atoms with E-state index in [1.165, 1.54) is 0 Å². The van der Waals surface area contributed by atoms with Crippen LogP contribution >= 0.6 is 0 Å². The van der Waals surface area contributed by atoms with Crippen LogP contribution in [-0.4, -0.2) is 54.4 Å². The van der Waals surface area contributed by atoms with Crippen LogP contribution in [0.4, 0.5) is 9.59 Å². The Labute approximate surface area is 94.0 Å². The van der Waals surface area contributed by atoms with E-state index in [1.807, 2.05) is 0 Å². The number of amides is 3. The molecule has 16 heavy (non-hydrogen) atoms. The van der Waals surface area contributed by atoms with Crippen molar-refractivity contribution in [3.8, 4) is 0 Å². The van der Waals surface area contributed by atoms with Crippen molar-refractivity contribution in [2.45, 2.75) is 18.9 Å². The van der Waals surface area contributed by atoms with Crippen molar-refractivity contribution in [3.63, 3.8) is 0 Å². The van der Waals surface area contributed by atoms with Gasteiger partial charge in [-0.2, -0.15) is 0 Å². The molecule has 1 rings (SSSR count). The molecule has 0 aliphatic carbocycles. The van der Waals surface area contributed by atoms with Crippen LogP contribution < -0.4 is 16.4 Å². The molecule has 5 N–H and O–H groups in total. The summed E-state index contributed by atoms with van der Waals surface area (Å²) in [6.45, 7) is 2.33. The SMILES string of the molecule is NC(=O)N1CCC(NCCNC(=O)O)CC1. The Morgan fingerprint density at radius 3 is 2.44 bits per heavy atom. The largest absolute Gasteiger partial charge is 0.465 e. The number of primary amides is 1. The van der Waals surface area contributed by atoms with Gasteiger partial charge in [0.15, 0.2) is 0 Å². The van der Waals surface area contributed by atoms with Crippen LogP contribution in [-0.2, 0) is 0 Å². The van der Waals surface area contributed by atoms with Gasteiger partial charge in [-0.05, 0) is 12.8 Å². The summed E-state index contributed by atoms with van der Waals surface area (Å²) in [5.74, 6) is 0. The summed E-state index contributed by atoms with van der Waals surface area (Å²) in [5, 5.41) is 13.9. The lowest BCUT2D eigenvalue weighted by Crippen LogP contribution is -2.47. The van der Waals surface area contributed by atoms with Gasteiger partial charge < -0.3 is 26.4 Å². The second-order valence-electron chi connectivity index (χ2n) is 3.79. The first-order valence-corrected chi connectivity index (χ1v) is 5.34. The maximum absolute atomic E-state index is 10.8. The number of nitrogens with one attached hydrogen (secondary N) is 2. The van der Waals surface area contributed by atoms with Crippen LogP contribution in [0, 0.1) is 0 Å². The number of carbonyl (C=O) groups excluding carboxylic acids is 1. The predicted molar refractivity (Wildman–Crippen MR) is 58.2 cm³/mol. The zero-order valence-corrected chi connectivity index (χ0v) is 9.11. The molecule has 1 heterocycles. The fourth-order valence-electron chi connectivity index (χ4n) is 1.75. The Kier molecular flexibility index (Phi) is 4.84. The van der Waals surface area contributed by atoms with Gasteiger partial charge >= 0.3 is 12.1 Å². The number of piperidine rings is 1. The van der Waals surface area contributed by atoms with Gasteiger partial charge in [-0.3, -0.25) is 0 Å². The first-order chi connectivity index (χ1) is 7.59. The molecule has 1 aliphatic rings. The number of rotatable bonds is 4. The Morgan fingerprint density at radius 1 is 1.31 bits per heavy atom. The molecule has 0 unspecified atom stereocenters. The molecule has 7 nitrogen and oxygen atoms in total. The highest BCUT2D eigenvalue weighted by Gasteiger charge is 2.20. The number of urea groups is 1. The zero-order chi connectivity index (χ0) is 12.0. The van der Waals surface area contributed by atoms with Gasteiger partial charge in [-0.15, -0.1) is 0 Å². The lowest BCUT2D eigenvalue weighted by Gasteiger charge is -2.31. The van der Waals surface area contributed by atoms with Gasteiger partial charge in [0.1, 0.15) is 0 Å². The number of nitrogens with zero attached hydrogens (tertiary/aromatic N) is 1. The molecular weight excluding hydrogens is 212 g/mol. The Balaban J connectivity index is 2.08. The maximum Gasteiger partial charge on any atom is 0.404 e. The highest BCUT2D eigenvalue weighted by Crippen LogP contribution is 2.09. The van der Waals surface area contributed by atoms with Crippen molar-refractivity contribution in [3.05, 3.63) is 0 Å². The number of carbonyl (C=O) groups is 2. The van der Waals surface area contributed by atoms with Crippen molar-refractivity contribution in [1.29, 1.82) is 0 Å². The molecule has 0 atom stereocenters. The van der Waals surface area contributed by atoms with E-state index in [1.54, 1.807) is 4.90 Å². The Morgan fingerprint density at radius 2 is 1.94 bits per heavy atom. The van der Waals surface area contributed by atoms with Crippen LogP contribution in [0.25, 0.3) is 0 Å². The molecule has 0 radical (unpaired) electrons. The summed E-state index contributed by atoms with van der Waals surface area (Å²) in [7, 11) is 0. The third-order valence-electron chi connectivity index (χ3n) is 2.64. The van der Waals surface area contributed by atoms with Gasteiger partial charge in [0.2, 0.25) is 0 Å². The second-order valence-corrected chi connectivity index (χ2v) is 3.79. The number of hydrogen-bond acceptors (Lipinski definition) is 3. The minimum atomic E-state index is -1.01. The lowest BCUT2D eigenvalue weighted by molar-refractivity contribution is 0.183. The molecule has 1 saturated heterocycles. The molecule has 0 bridgehead atoms. The van der Waals surface area contributed by atoms with Crippen LogP contribution in [0.5, 0.6) is 0 Å². The van der Waals surface area contributed by atoms with Crippen molar-refractivity contribution in [1.82, 2.24) is 15.5 Å². The van der Waals surface area contributed by atoms with Gasteiger partial charge in [-0.25, -0.2) is 9.59 Å². The van der Waals surface area contributed by atoms with E-state index in [4.69, 9.17) is 10.8 Å². The first-order valence-electron chi connectivity index (χ1n) is 5.34. The molecular formula is C9H18N4O3. The van der Waals surface area contributed by atoms with Crippen molar-refractivity contribution in [2.75, 3.05) is 26.2 Å². The van der Waals surface area contributed by atoms with E-state index < -0.39 is 6.09 Å². The fraction of sp³-hybridized carbons (Fsp3) is 0.778. The van der Waals surface area contributed by atoms with Crippen LogP contribution in [0.1, 0.15) is 12.8 Å². The third kappa shape index (κ3) is 4.35. The van der Waals surface area contributed by atoms with Crippen molar-refractivity contribution in [2.24, 2.45) is 5.73 Å². The number of nitrogens with two attached hydrogens (primary N) is 1. The molecule has 7 heteroatoms. The van der Waals surface area contributed by atoms with Crippen molar-refractivity contribution < 1.29 is 14.7 Å². The minimum Gasteiger partial charge on any atom is -0.465 e. The van der Waals surface area contributed by atoms with E-state index in [0.717, 1.165) is 12.8 Å². The van der Waals surface area contributed by atoms with Crippen LogP contribution in [0.15, 0.2) is 0 Å². The Hall–Kier alpha value is -1.50. The topological polar surface area (TPSA) is 108 Å². The highest BCUT2D eigenvalue weighted by atomic mass is 16.4. The minimum absolute atomic E-state index is 0.339. The monoisotopic (exact) mass is 230 g/mol. The number of hydrogen-bond donors (Lipinski definition) is 4. The molecule has 0 spiro atoms. The maximum atomic E-state index is 10.8. The predicted octanol–water partition coefficient (Wildman–Crippen LogP) is -0.613. The summed E-state index contributed by atoms with van der Waals surface area (Å²) in [6.07, 6.45) is 0.705. The molecule has 0 aromatic carbocycles. The summed E-state index contributed by atoms with van der Waals surface area (Å²) in [5.41, 5.74) is 5.16. The molecule has 0 aromatic heterocycles. The van der Waals surface area contributed by atoms with E-state index in [9.17, 15) is 9.59 Å². The van der Waals surface area contributed by atoms with Crippen LogP contribution in [0.3, 0.4) is 0 Å². The summed E-state index contributed by atoms with van der Waals surface area (Å²) in [4.78, 5) is 22.6. The average molecular weight is 230 g/mol. The lowest BCUT2D eigenvalue weighted by atomic mass is 10.1. The third-order valence-corrected chi connectivity index (χ3v) is 2.64. The van der Waals surface area contributed by atoms with Gasteiger partial charge in [0.25, 0.3) is 0 Å². The molecule has 1 aliphatic heterocycles. The molecule has 3 amide bonds. The van der Waals surface area contributed by atoms with Gasteiger partial charge in [-0.1, -0.05) is 0 Å². The summed E-state index contributed by atoms with van der Waals surface area (Å²) < 4.78 is 0. The summed E-state index contributed by atoms with van der Waals surface area (Å²) >= 11 is 0. The first kappa shape index (κ1) is 12.6. The van der Waals surface area contributed by atoms with Gasteiger partial charge in [0.05, 0.1) is 0 Å². The molecule has 1 fully saturated rings. The van der Waals surface area contributed by atoms with E-state index in [0.29, 0.717) is 32.2 Å². The van der Waals surface area contributed by atoms with E-state index in [-0.39, 0.29) is 6.03 Å². The number of likely N-dealkylation sites (tertiary alicyclic amines) is 1.